The highest BCUT2D eigenvalue weighted by Crippen LogP contribution is 2.35. The highest BCUT2D eigenvalue weighted by molar-refractivity contribution is 6.05. The molecule has 0 unspecified atom stereocenters. The van der Waals surface area contributed by atoms with E-state index in [1.807, 2.05) is 36.4 Å². The molecular formula is C42H42F2N8O2. The quantitative estimate of drug-likeness (QED) is 0.165. The van der Waals surface area contributed by atoms with Gasteiger partial charge in [0.1, 0.15) is 35.5 Å². The van der Waals surface area contributed by atoms with E-state index >= 15 is 0 Å². The van der Waals surface area contributed by atoms with Crippen LogP contribution in [0.3, 0.4) is 0 Å². The fourth-order valence-electron chi connectivity index (χ4n) is 7.39. The number of imidazole rings is 1. The predicted octanol–water partition coefficient (Wildman–Crippen LogP) is 8.47. The zero-order chi connectivity index (χ0) is 37.0. The number of likely N-dealkylation sites (tertiary alicyclic amines) is 1. The number of piperidine rings is 2. The van der Waals surface area contributed by atoms with Crippen LogP contribution < -0.4 is 20.3 Å². The van der Waals surface area contributed by atoms with Crippen molar-refractivity contribution in [3.63, 3.8) is 0 Å². The molecule has 3 aliphatic heterocycles. The molecule has 3 aliphatic rings. The van der Waals surface area contributed by atoms with Crippen LogP contribution in [0.15, 0.2) is 91.2 Å². The number of para-hydroxylation sites is 1. The van der Waals surface area contributed by atoms with Crippen LogP contribution in [0, 0.1) is 17.6 Å². The van der Waals surface area contributed by atoms with Crippen LogP contribution >= 0.6 is 0 Å². The van der Waals surface area contributed by atoms with Gasteiger partial charge in [-0.25, -0.2) is 23.7 Å². The van der Waals surface area contributed by atoms with Crippen molar-refractivity contribution in [3.05, 3.63) is 114 Å². The first-order valence-corrected chi connectivity index (χ1v) is 18.5. The number of benzene rings is 3. The molecule has 2 fully saturated rings. The van der Waals surface area contributed by atoms with Crippen molar-refractivity contribution < 1.29 is 18.3 Å². The zero-order valence-electron chi connectivity index (χ0n) is 30.1. The Balaban J connectivity index is 1.05. The number of anilines is 4. The summed E-state index contributed by atoms with van der Waals surface area (Å²) in [6.07, 6.45) is 14.1. The summed E-state index contributed by atoms with van der Waals surface area (Å²) in [5.41, 5.74) is 3.87. The number of aromatic amines is 1. The Hall–Kier alpha value is -5.88. The third-order valence-corrected chi connectivity index (χ3v) is 10.4. The minimum absolute atomic E-state index is 0.202. The van der Waals surface area contributed by atoms with Crippen LogP contribution in [0.5, 0.6) is 5.75 Å². The molecule has 0 saturated carbocycles. The lowest BCUT2D eigenvalue weighted by molar-refractivity contribution is 0.102. The topological polar surface area (TPSA) is 111 Å². The Kier molecular flexibility index (Phi) is 10.2. The number of nitrogens with one attached hydrogen (secondary N) is 3. The smallest absolute Gasteiger partial charge is 0.255 e. The number of amides is 1. The molecule has 2 aromatic heterocycles. The number of hydrogen-bond acceptors (Lipinski definition) is 8. The van der Waals surface area contributed by atoms with E-state index in [0.29, 0.717) is 52.8 Å². The first-order valence-electron chi connectivity index (χ1n) is 18.5. The Bertz CT molecular complexity index is 2180. The second-order valence-electron chi connectivity index (χ2n) is 14.1. The summed E-state index contributed by atoms with van der Waals surface area (Å²) in [6.45, 7) is 7.15. The van der Waals surface area contributed by atoms with Crippen molar-refractivity contribution in [2.24, 2.45) is 5.92 Å². The van der Waals surface area contributed by atoms with Crippen molar-refractivity contribution in [2.75, 3.05) is 48.3 Å². The number of fused-ring (bicyclic) bond motifs is 6. The standard InChI is InChI=1S/C42H42F2N8O2/c1-27-15-20-51(21-16-27)30-17-22-52(23-18-30)31-12-13-34-36(26-31)54-24-4-2-3-11-37-48-38(40(49-37)35-14-19-45-42(46-34)47-35)28-7-5-8-29(25-28)41(53)50-39-32(43)9-6-10-33(39)44/h2-14,19,25-27,30H,15-18,20-24H2,1H3,(H,48,49)(H,50,53)(H,45,46,47)/b4-2+,11-3-. The predicted molar refractivity (Wildman–Crippen MR) is 208 cm³/mol. The van der Waals surface area contributed by atoms with Crippen LogP contribution in [-0.2, 0) is 0 Å². The molecule has 0 radical (unpaired) electrons. The van der Waals surface area contributed by atoms with E-state index in [1.165, 1.54) is 32.0 Å². The van der Waals surface area contributed by atoms with E-state index < -0.39 is 23.2 Å². The molecule has 1 amide bonds. The highest BCUT2D eigenvalue weighted by atomic mass is 19.1. The maximum Gasteiger partial charge on any atom is 0.255 e. The van der Waals surface area contributed by atoms with Gasteiger partial charge in [0.2, 0.25) is 5.95 Å². The Morgan fingerprint density at radius 1 is 0.907 bits per heavy atom. The number of nitrogens with zero attached hydrogens (tertiary/aromatic N) is 5. The normalized spacial score (nSPS) is 18.0. The summed E-state index contributed by atoms with van der Waals surface area (Å²) >= 11 is 0. The van der Waals surface area contributed by atoms with E-state index in [2.05, 4.69) is 49.5 Å². The van der Waals surface area contributed by atoms with Gasteiger partial charge in [0.25, 0.3) is 5.91 Å². The Labute approximate surface area is 313 Å². The molecule has 10 nitrogen and oxygen atoms in total. The molecule has 12 heteroatoms. The van der Waals surface area contributed by atoms with Crippen LogP contribution in [0.4, 0.5) is 31.8 Å². The second-order valence-corrected chi connectivity index (χ2v) is 14.1. The molecule has 0 spiro atoms. The van der Waals surface area contributed by atoms with Gasteiger partial charge in [-0.3, -0.25) is 4.79 Å². The molecule has 3 aromatic carbocycles. The van der Waals surface area contributed by atoms with Crippen molar-refractivity contribution >= 4 is 35.0 Å². The van der Waals surface area contributed by atoms with Gasteiger partial charge in [0, 0.05) is 48.2 Å². The van der Waals surface area contributed by atoms with Gasteiger partial charge >= 0.3 is 0 Å². The number of ether oxygens (including phenoxy) is 1. The molecule has 276 valence electrons. The number of rotatable bonds is 5. The van der Waals surface area contributed by atoms with Gasteiger partial charge in [0.05, 0.1) is 22.8 Å². The molecule has 5 heterocycles. The molecule has 2 saturated heterocycles. The van der Waals surface area contributed by atoms with Crippen LogP contribution in [0.25, 0.3) is 28.7 Å². The van der Waals surface area contributed by atoms with Gasteiger partial charge in [-0.1, -0.05) is 37.3 Å². The molecule has 54 heavy (non-hydrogen) atoms. The highest BCUT2D eigenvalue weighted by Gasteiger charge is 2.28. The third kappa shape index (κ3) is 7.74. The van der Waals surface area contributed by atoms with E-state index in [9.17, 15) is 13.6 Å². The molecule has 4 bridgehead atoms. The Morgan fingerprint density at radius 2 is 1.70 bits per heavy atom. The summed E-state index contributed by atoms with van der Waals surface area (Å²) in [4.78, 5) is 35.9. The number of halogens is 2. The van der Waals surface area contributed by atoms with Crippen LogP contribution in [0.1, 0.15) is 48.8 Å². The van der Waals surface area contributed by atoms with Crippen molar-refractivity contribution in [1.29, 1.82) is 0 Å². The van der Waals surface area contributed by atoms with Crippen molar-refractivity contribution in [2.45, 2.75) is 38.6 Å². The van der Waals surface area contributed by atoms with Gasteiger partial charge < -0.3 is 30.2 Å². The zero-order valence-corrected chi connectivity index (χ0v) is 30.1. The maximum atomic E-state index is 14.3. The largest absolute Gasteiger partial charge is 0.487 e. The summed E-state index contributed by atoms with van der Waals surface area (Å²) in [5.74, 6) is 0.0782. The SMILES string of the molecule is CC1CCN(C2CCN(c3ccc4c(c3)OC/C=C/C=C\c3nc(-c5cccc(C(=O)Nc6c(F)cccc6F)c5)c([nH]3)-c3ccnc(n3)N4)CC2)CC1. The molecule has 3 N–H and O–H groups in total. The maximum absolute atomic E-state index is 14.3. The fourth-order valence-corrected chi connectivity index (χ4v) is 7.39. The van der Waals surface area contributed by atoms with Gasteiger partial charge in [-0.2, -0.15) is 0 Å². The van der Waals surface area contributed by atoms with Crippen molar-refractivity contribution in [1.82, 2.24) is 24.8 Å². The number of carbonyl (C=O) groups excluding carboxylic acids is 1. The molecule has 0 atom stereocenters. The van der Waals surface area contributed by atoms with E-state index in [4.69, 9.17) is 14.7 Å². The number of allylic oxidation sites excluding steroid dienone is 2. The number of H-pyrrole nitrogens is 1. The first kappa shape index (κ1) is 35.2. The van der Waals surface area contributed by atoms with Gasteiger partial charge in [-0.05, 0) is 99.3 Å². The fraction of sp³-hybridized carbons (Fsp3) is 0.286. The lowest BCUT2D eigenvalue weighted by Gasteiger charge is -2.42. The van der Waals surface area contributed by atoms with E-state index in [0.717, 1.165) is 55.4 Å². The lowest BCUT2D eigenvalue weighted by atomic mass is 9.95. The molecule has 8 rings (SSSR count). The molecular weight excluding hydrogens is 687 g/mol. The van der Waals surface area contributed by atoms with E-state index in [-0.39, 0.29) is 5.56 Å². The molecule has 0 aliphatic carbocycles. The van der Waals surface area contributed by atoms with Gasteiger partial charge in [-0.15, -0.1) is 0 Å². The van der Waals surface area contributed by atoms with Crippen LogP contribution in [0.2, 0.25) is 0 Å². The van der Waals surface area contributed by atoms with Crippen molar-refractivity contribution in [3.8, 4) is 28.4 Å². The average molecular weight is 729 g/mol. The summed E-state index contributed by atoms with van der Waals surface area (Å²) in [5, 5.41) is 5.73. The summed E-state index contributed by atoms with van der Waals surface area (Å²) < 4.78 is 34.9. The Morgan fingerprint density at radius 3 is 2.52 bits per heavy atom. The minimum atomic E-state index is -0.861. The number of hydrogen-bond donors (Lipinski definition) is 3. The van der Waals surface area contributed by atoms with E-state index in [1.54, 1.807) is 30.5 Å². The summed E-state index contributed by atoms with van der Waals surface area (Å²) in [6, 6.07) is 18.8. The molecule has 5 aromatic rings. The second kappa shape index (κ2) is 15.6. The van der Waals surface area contributed by atoms with Crippen LogP contribution in [-0.4, -0.2) is 69.6 Å². The lowest BCUT2D eigenvalue weighted by Crippen LogP contribution is -2.47. The number of aromatic nitrogens is 4. The minimum Gasteiger partial charge on any atom is -0.487 e. The average Bonchev–Trinajstić information content (AvgIpc) is 3.63. The number of carbonyl (C=O) groups is 1. The third-order valence-electron chi connectivity index (χ3n) is 10.4. The summed E-state index contributed by atoms with van der Waals surface area (Å²) in [7, 11) is 0. The van der Waals surface area contributed by atoms with Gasteiger partial charge in [0.15, 0.2) is 0 Å². The monoisotopic (exact) mass is 728 g/mol. The first-order chi connectivity index (χ1) is 26.4.